The lowest BCUT2D eigenvalue weighted by molar-refractivity contribution is 0.242. The van der Waals surface area contributed by atoms with Crippen LogP contribution in [0.2, 0.25) is 0 Å². The predicted octanol–water partition coefficient (Wildman–Crippen LogP) is 2.68. The largest absolute Gasteiger partial charge is 0.313 e. The van der Waals surface area contributed by atoms with E-state index in [-0.39, 0.29) is 0 Å². The lowest BCUT2D eigenvalue weighted by Crippen LogP contribution is -2.40. The van der Waals surface area contributed by atoms with Gasteiger partial charge in [0, 0.05) is 31.5 Å². The van der Waals surface area contributed by atoms with Crippen molar-refractivity contribution in [1.82, 2.24) is 15.2 Å². The molecule has 0 bridgehead atoms. The second kappa shape index (κ2) is 9.06. The fraction of sp³-hybridized carbons (Fsp3) is 0.667. The minimum absolute atomic E-state index is 0.603. The van der Waals surface area contributed by atoms with E-state index in [0.717, 1.165) is 26.2 Å². The van der Waals surface area contributed by atoms with Crippen molar-refractivity contribution < 1.29 is 0 Å². The maximum absolute atomic E-state index is 4.07. The molecule has 1 atom stereocenters. The Kier molecular flexibility index (Phi) is 7.62. The van der Waals surface area contributed by atoms with Crippen molar-refractivity contribution in [2.75, 3.05) is 19.6 Å². The SMILES string of the molecule is CCCNC(CC)CN(CC)Cc1ccncc1. The van der Waals surface area contributed by atoms with Crippen LogP contribution in [0, 0.1) is 0 Å². The summed E-state index contributed by atoms with van der Waals surface area (Å²) in [6.07, 6.45) is 6.13. The van der Waals surface area contributed by atoms with Gasteiger partial charge in [-0.25, -0.2) is 0 Å². The molecule has 1 aromatic rings. The fourth-order valence-electron chi connectivity index (χ4n) is 2.05. The van der Waals surface area contributed by atoms with Gasteiger partial charge in [-0.05, 0) is 43.6 Å². The maximum atomic E-state index is 4.07. The molecule has 0 spiro atoms. The smallest absolute Gasteiger partial charge is 0.0271 e. The third-order valence-electron chi connectivity index (χ3n) is 3.26. The quantitative estimate of drug-likeness (QED) is 0.729. The molecule has 0 fully saturated rings. The number of nitrogens with one attached hydrogen (secondary N) is 1. The second-order valence-corrected chi connectivity index (χ2v) is 4.74. The summed E-state index contributed by atoms with van der Waals surface area (Å²) >= 11 is 0. The molecule has 1 unspecified atom stereocenters. The van der Waals surface area contributed by atoms with Crippen molar-refractivity contribution in [3.63, 3.8) is 0 Å². The molecule has 1 N–H and O–H groups in total. The first-order valence-electron chi connectivity index (χ1n) is 7.14. The van der Waals surface area contributed by atoms with Crippen LogP contribution in [0.15, 0.2) is 24.5 Å². The fourth-order valence-corrected chi connectivity index (χ4v) is 2.05. The van der Waals surface area contributed by atoms with E-state index in [1.165, 1.54) is 18.4 Å². The number of rotatable bonds is 9. The lowest BCUT2D eigenvalue weighted by Gasteiger charge is -2.26. The van der Waals surface area contributed by atoms with Gasteiger partial charge in [-0.2, -0.15) is 0 Å². The third-order valence-corrected chi connectivity index (χ3v) is 3.26. The summed E-state index contributed by atoms with van der Waals surface area (Å²) in [4.78, 5) is 6.56. The third kappa shape index (κ3) is 5.61. The molecule has 3 nitrogen and oxygen atoms in total. The first-order chi connectivity index (χ1) is 8.80. The molecular formula is C15H27N3. The van der Waals surface area contributed by atoms with Gasteiger partial charge < -0.3 is 5.32 Å². The molecule has 0 aromatic carbocycles. The van der Waals surface area contributed by atoms with E-state index in [2.05, 4.69) is 48.1 Å². The van der Waals surface area contributed by atoms with Gasteiger partial charge in [-0.1, -0.05) is 20.8 Å². The Hall–Kier alpha value is -0.930. The Morgan fingerprint density at radius 3 is 2.50 bits per heavy atom. The molecule has 3 heteroatoms. The van der Waals surface area contributed by atoms with E-state index in [1.807, 2.05) is 12.4 Å². The van der Waals surface area contributed by atoms with E-state index >= 15 is 0 Å². The number of pyridine rings is 1. The second-order valence-electron chi connectivity index (χ2n) is 4.74. The number of nitrogens with zero attached hydrogens (tertiary/aromatic N) is 2. The van der Waals surface area contributed by atoms with Crippen LogP contribution >= 0.6 is 0 Å². The summed E-state index contributed by atoms with van der Waals surface area (Å²) in [5.74, 6) is 0. The number of hydrogen-bond acceptors (Lipinski definition) is 3. The summed E-state index contributed by atoms with van der Waals surface area (Å²) in [7, 11) is 0. The summed E-state index contributed by atoms with van der Waals surface area (Å²) in [6, 6.07) is 4.80. The van der Waals surface area contributed by atoms with E-state index in [0.29, 0.717) is 6.04 Å². The van der Waals surface area contributed by atoms with Crippen molar-refractivity contribution in [2.24, 2.45) is 0 Å². The van der Waals surface area contributed by atoms with Crippen LogP contribution in [0.3, 0.4) is 0 Å². The minimum Gasteiger partial charge on any atom is -0.313 e. The Balaban J connectivity index is 2.45. The van der Waals surface area contributed by atoms with Gasteiger partial charge in [-0.15, -0.1) is 0 Å². The first-order valence-corrected chi connectivity index (χ1v) is 7.14. The molecule has 1 aromatic heterocycles. The highest BCUT2D eigenvalue weighted by molar-refractivity contribution is 5.09. The molecule has 0 saturated heterocycles. The highest BCUT2D eigenvalue weighted by Crippen LogP contribution is 2.05. The van der Waals surface area contributed by atoms with Gasteiger partial charge in [0.05, 0.1) is 0 Å². The molecule has 0 saturated carbocycles. The normalized spacial score (nSPS) is 12.9. The Labute approximate surface area is 112 Å². The molecule has 1 heterocycles. The van der Waals surface area contributed by atoms with E-state index in [4.69, 9.17) is 0 Å². The maximum Gasteiger partial charge on any atom is 0.0271 e. The van der Waals surface area contributed by atoms with Gasteiger partial charge in [0.2, 0.25) is 0 Å². The van der Waals surface area contributed by atoms with Crippen LogP contribution < -0.4 is 5.32 Å². The molecule has 18 heavy (non-hydrogen) atoms. The van der Waals surface area contributed by atoms with Crippen LogP contribution in [-0.4, -0.2) is 35.6 Å². The summed E-state index contributed by atoms with van der Waals surface area (Å²) in [5, 5.41) is 3.62. The Morgan fingerprint density at radius 2 is 1.94 bits per heavy atom. The van der Waals surface area contributed by atoms with Gasteiger partial charge in [0.25, 0.3) is 0 Å². The Bertz CT molecular complexity index is 300. The first kappa shape index (κ1) is 15.1. The van der Waals surface area contributed by atoms with Crippen molar-refractivity contribution in [3.8, 4) is 0 Å². The van der Waals surface area contributed by atoms with Crippen LogP contribution in [0.25, 0.3) is 0 Å². The molecule has 0 aliphatic carbocycles. The van der Waals surface area contributed by atoms with Crippen molar-refractivity contribution in [1.29, 1.82) is 0 Å². The van der Waals surface area contributed by atoms with E-state index in [1.54, 1.807) is 0 Å². The summed E-state index contributed by atoms with van der Waals surface area (Å²) < 4.78 is 0. The molecule has 102 valence electrons. The zero-order valence-corrected chi connectivity index (χ0v) is 12.0. The number of likely N-dealkylation sites (N-methyl/N-ethyl adjacent to an activating group) is 1. The molecule has 0 aliphatic rings. The standard InChI is InChI=1S/C15H27N3/c1-4-9-17-15(5-2)13-18(6-3)12-14-7-10-16-11-8-14/h7-8,10-11,15,17H,4-6,9,12-13H2,1-3H3. The average molecular weight is 249 g/mol. The van der Waals surface area contributed by atoms with Crippen LogP contribution in [0.4, 0.5) is 0 Å². The molecule has 0 radical (unpaired) electrons. The topological polar surface area (TPSA) is 28.2 Å². The van der Waals surface area contributed by atoms with E-state index < -0.39 is 0 Å². The van der Waals surface area contributed by atoms with Gasteiger partial charge >= 0.3 is 0 Å². The minimum atomic E-state index is 0.603. The molecule has 0 aliphatic heterocycles. The van der Waals surface area contributed by atoms with Gasteiger partial charge in [0.1, 0.15) is 0 Å². The Morgan fingerprint density at radius 1 is 1.22 bits per heavy atom. The van der Waals surface area contributed by atoms with E-state index in [9.17, 15) is 0 Å². The number of aromatic nitrogens is 1. The van der Waals surface area contributed by atoms with Crippen molar-refractivity contribution in [2.45, 2.75) is 46.2 Å². The molecule has 0 amide bonds. The zero-order chi connectivity index (χ0) is 13.2. The predicted molar refractivity (Wildman–Crippen MR) is 77.6 cm³/mol. The van der Waals surface area contributed by atoms with Crippen LogP contribution in [0.1, 0.15) is 39.2 Å². The van der Waals surface area contributed by atoms with Crippen molar-refractivity contribution >= 4 is 0 Å². The summed E-state index contributed by atoms with van der Waals surface area (Å²) in [6.45, 7) is 11.0. The van der Waals surface area contributed by atoms with Gasteiger partial charge in [-0.3, -0.25) is 9.88 Å². The summed E-state index contributed by atoms with van der Waals surface area (Å²) in [5.41, 5.74) is 1.34. The highest BCUT2D eigenvalue weighted by atomic mass is 15.1. The number of hydrogen-bond donors (Lipinski definition) is 1. The van der Waals surface area contributed by atoms with Crippen molar-refractivity contribution in [3.05, 3.63) is 30.1 Å². The monoisotopic (exact) mass is 249 g/mol. The lowest BCUT2D eigenvalue weighted by atomic mass is 10.2. The highest BCUT2D eigenvalue weighted by Gasteiger charge is 2.10. The molecule has 1 rings (SSSR count). The average Bonchev–Trinajstić information content (AvgIpc) is 2.43. The van der Waals surface area contributed by atoms with Crippen LogP contribution in [-0.2, 0) is 6.54 Å². The van der Waals surface area contributed by atoms with Crippen LogP contribution in [0.5, 0.6) is 0 Å². The zero-order valence-electron chi connectivity index (χ0n) is 12.0. The molecular weight excluding hydrogens is 222 g/mol. The van der Waals surface area contributed by atoms with Gasteiger partial charge in [0.15, 0.2) is 0 Å².